The Morgan fingerprint density at radius 2 is 1.91 bits per heavy atom. The second-order valence-electron chi connectivity index (χ2n) is 6.68. The van der Waals surface area contributed by atoms with E-state index in [1.165, 1.54) is 12.8 Å². The van der Waals surface area contributed by atoms with Crippen molar-refractivity contribution in [2.24, 2.45) is 5.73 Å². The zero-order valence-electron chi connectivity index (χ0n) is 13.1. The third-order valence-corrected chi connectivity index (χ3v) is 4.96. The van der Waals surface area contributed by atoms with Crippen LogP contribution in [-0.2, 0) is 11.3 Å². The summed E-state index contributed by atoms with van der Waals surface area (Å²) in [4.78, 5) is 12.4. The van der Waals surface area contributed by atoms with Crippen molar-refractivity contribution in [1.82, 2.24) is 5.32 Å². The summed E-state index contributed by atoms with van der Waals surface area (Å²) in [5.74, 6) is 0.868. The summed E-state index contributed by atoms with van der Waals surface area (Å²) in [6.45, 7) is 0.487. The van der Waals surface area contributed by atoms with Gasteiger partial charge in [-0.1, -0.05) is 37.5 Å². The lowest BCUT2D eigenvalue weighted by molar-refractivity contribution is -0.127. The van der Waals surface area contributed by atoms with Crippen molar-refractivity contribution in [3.05, 3.63) is 29.8 Å². The van der Waals surface area contributed by atoms with Gasteiger partial charge >= 0.3 is 0 Å². The second kappa shape index (κ2) is 6.69. The Morgan fingerprint density at radius 1 is 1.18 bits per heavy atom. The highest BCUT2D eigenvalue weighted by molar-refractivity contribution is 5.86. The van der Waals surface area contributed by atoms with Gasteiger partial charge < -0.3 is 15.8 Å². The summed E-state index contributed by atoms with van der Waals surface area (Å²) in [7, 11) is 0. The summed E-state index contributed by atoms with van der Waals surface area (Å²) >= 11 is 0. The van der Waals surface area contributed by atoms with Crippen molar-refractivity contribution in [1.29, 1.82) is 0 Å². The van der Waals surface area contributed by atoms with E-state index in [1.807, 2.05) is 24.3 Å². The number of hydrogen-bond acceptors (Lipinski definition) is 3. The number of rotatable bonds is 5. The van der Waals surface area contributed by atoms with Crippen molar-refractivity contribution in [3.8, 4) is 5.75 Å². The third-order valence-electron chi connectivity index (χ3n) is 4.96. The molecule has 0 saturated heterocycles. The van der Waals surface area contributed by atoms with E-state index in [-0.39, 0.29) is 5.91 Å². The van der Waals surface area contributed by atoms with Gasteiger partial charge in [0.1, 0.15) is 5.75 Å². The van der Waals surface area contributed by atoms with Crippen LogP contribution in [0.5, 0.6) is 5.75 Å². The molecule has 0 aromatic heterocycles. The third kappa shape index (κ3) is 3.43. The highest BCUT2D eigenvalue weighted by Crippen LogP contribution is 2.28. The molecule has 2 saturated carbocycles. The van der Waals surface area contributed by atoms with Gasteiger partial charge in [0.15, 0.2) is 0 Å². The second-order valence-corrected chi connectivity index (χ2v) is 6.68. The van der Waals surface area contributed by atoms with E-state index < -0.39 is 5.54 Å². The molecule has 3 N–H and O–H groups in total. The molecule has 3 rings (SSSR count). The lowest BCUT2D eigenvalue weighted by Gasteiger charge is -2.32. The summed E-state index contributed by atoms with van der Waals surface area (Å²) in [5, 5.41) is 3.01. The molecule has 0 radical (unpaired) electrons. The molecule has 0 atom stereocenters. The molecule has 0 unspecified atom stereocenters. The standard InChI is InChI=1S/C18H26N2O2/c19-18(11-4-1-5-12-18)17(21)20-13-14-7-2-3-10-16(14)22-15-8-6-9-15/h2-3,7,10,15H,1,4-6,8-9,11-13,19H2,(H,20,21). The SMILES string of the molecule is NC1(C(=O)NCc2ccccc2OC2CCC2)CCCCC1. The van der Waals surface area contributed by atoms with Gasteiger partial charge in [0.05, 0.1) is 11.6 Å². The maximum atomic E-state index is 12.4. The molecule has 2 aliphatic carbocycles. The maximum absolute atomic E-state index is 12.4. The smallest absolute Gasteiger partial charge is 0.240 e. The molecular formula is C18H26N2O2. The topological polar surface area (TPSA) is 64.4 Å². The first kappa shape index (κ1) is 15.3. The minimum Gasteiger partial charge on any atom is -0.490 e. The maximum Gasteiger partial charge on any atom is 0.240 e. The van der Waals surface area contributed by atoms with Crippen molar-refractivity contribution in [2.45, 2.75) is 69.6 Å². The number of nitrogens with two attached hydrogens (primary N) is 1. The average molecular weight is 302 g/mol. The van der Waals surface area contributed by atoms with E-state index in [0.29, 0.717) is 12.6 Å². The van der Waals surface area contributed by atoms with Crippen LogP contribution in [-0.4, -0.2) is 17.6 Å². The van der Waals surface area contributed by atoms with Crippen LogP contribution in [0.4, 0.5) is 0 Å². The Kier molecular flexibility index (Phi) is 4.67. The normalized spacial score (nSPS) is 21.0. The highest BCUT2D eigenvalue weighted by atomic mass is 16.5. The molecule has 4 nitrogen and oxygen atoms in total. The van der Waals surface area contributed by atoms with Gasteiger partial charge in [-0.2, -0.15) is 0 Å². The largest absolute Gasteiger partial charge is 0.490 e. The highest BCUT2D eigenvalue weighted by Gasteiger charge is 2.35. The summed E-state index contributed by atoms with van der Waals surface area (Å²) in [6, 6.07) is 7.95. The Bertz CT molecular complexity index is 520. The molecule has 2 aliphatic rings. The molecule has 2 fully saturated rings. The molecule has 4 heteroatoms. The Labute approximate surface area is 132 Å². The van der Waals surface area contributed by atoms with Crippen molar-refractivity contribution in [2.75, 3.05) is 0 Å². The molecule has 0 aliphatic heterocycles. The van der Waals surface area contributed by atoms with Gasteiger partial charge in [-0.3, -0.25) is 4.79 Å². The molecule has 120 valence electrons. The van der Waals surface area contributed by atoms with Crippen molar-refractivity contribution >= 4 is 5.91 Å². The van der Waals surface area contributed by atoms with E-state index >= 15 is 0 Å². The number of carbonyl (C=O) groups is 1. The van der Waals surface area contributed by atoms with Crippen LogP contribution in [0.3, 0.4) is 0 Å². The van der Waals surface area contributed by atoms with Crippen LogP contribution >= 0.6 is 0 Å². The first-order valence-electron chi connectivity index (χ1n) is 8.49. The fourth-order valence-corrected chi connectivity index (χ4v) is 3.19. The minimum atomic E-state index is -0.679. The van der Waals surface area contributed by atoms with Crippen molar-refractivity contribution < 1.29 is 9.53 Å². The van der Waals surface area contributed by atoms with Crippen LogP contribution in [0.2, 0.25) is 0 Å². The van der Waals surface area contributed by atoms with E-state index in [0.717, 1.165) is 49.8 Å². The molecule has 22 heavy (non-hydrogen) atoms. The van der Waals surface area contributed by atoms with Gasteiger partial charge in [0, 0.05) is 12.1 Å². The van der Waals surface area contributed by atoms with Crippen LogP contribution < -0.4 is 15.8 Å². The number of carbonyl (C=O) groups excluding carboxylic acids is 1. The zero-order chi connectivity index (χ0) is 15.4. The molecule has 1 aromatic rings. The predicted octanol–water partition coefficient (Wildman–Crippen LogP) is 2.90. The predicted molar refractivity (Wildman–Crippen MR) is 86.6 cm³/mol. The summed E-state index contributed by atoms with van der Waals surface area (Å²) in [5.41, 5.74) is 6.62. The molecular weight excluding hydrogens is 276 g/mol. The molecule has 0 heterocycles. The fourth-order valence-electron chi connectivity index (χ4n) is 3.19. The van der Waals surface area contributed by atoms with Gasteiger partial charge in [0.2, 0.25) is 5.91 Å². The van der Waals surface area contributed by atoms with Gasteiger partial charge in [-0.05, 0) is 38.2 Å². The van der Waals surface area contributed by atoms with Crippen LogP contribution in [0, 0.1) is 0 Å². The fraction of sp³-hybridized carbons (Fsp3) is 0.611. The molecule has 0 bridgehead atoms. The lowest BCUT2D eigenvalue weighted by atomic mass is 9.82. The quantitative estimate of drug-likeness (QED) is 0.879. The van der Waals surface area contributed by atoms with Crippen LogP contribution in [0.15, 0.2) is 24.3 Å². The number of ether oxygens (including phenoxy) is 1. The van der Waals surface area contributed by atoms with Crippen LogP contribution in [0.25, 0.3) is 0 Å². The Morgan fingerprint density at radius 3 is 2.59 bits per heavy atom. The monoisotopic (exact) mass is 302 g/mol. The van der Waals surface area contributed by atoms with E-state index in [9.17, 15) is 4.79 Å². The number of amides is 1. The van der Waals surface area contributed by atoms with E-state index in [2.05, 4.69) is 5.32 Å². The van der Waals surface area contributed by atoms with Crippen LogP contribution in [0.1, 0.15) is 56.9 Å². The molecule has 0 spiro atoms. The number of benzene rings is 1. The summed E-state index contributed by atoms with van der Waals surface area (Å²) in [6.07, 6.45) is 8.72. The van der Waals surface area contributed by atoms with Gasteiger partial charge in [0.25, 0.3) is 0 Å². The number of para-hydroxylation sites is 1. The Balaban J connectivity index is 1.59. The summed E-state index contributed by atoms with van der Waals surface area (Å²) < 4.78 is 6.00. The van der Waals surface area contributed by atoms with Crippen molar-refractivity contribution in [3.63, 3.8) is 0 Å². The van der Waals surface area contributed by atoms with E-state index in [1.54, 1.807) is 0 Å². The number of hydrogen-bond donors (Lipinski definition) is 2. The first-order chi connectivity index (χ1) is 10.7. The van der Waals surface area contributed by atoms with Gasteiger partial charge in [-0.15, -0.1) is 0 Å². The lowest BCUT2D eigenvalue weighted by Crippen LogP contribution is -2.54. The minimum absolute atomic E-state index is 0.0225. The molecule has 1 amide bonds. The van der Waals surface area contributed by atoms with Gasteiger partial charge in [-0.25, -0.2) is 0 Å². The zero-order valence-corrected chi connectivity index (χ0v) is 13.1. The number of nitrogens with one attached hydrogen (secondary N) is 1. The average Bonchev–Trinajstić information content (AvgIpc) is 2.50. The Hall–Kier alpha value is -1.55. The molecule has 1 aromatic carbocycles. The first-order valence-corrected chi connectivity index (χ1v) is 8.49. The van der Waals surface area contributed by atoms with E-state index in [4.69, 9.17) is 10.5 Å².